The molecule has 1 heterocycles. The molecule has 110 valence electrons. The third-order valence-corrected chi connectivity index (χ3v) is 4.44. The van der Waals surface area contributed by atoms with Crippen LogP contribution in [0.2, 0.25) is 0 Å². The Hall–Kier alpha value is -1.66. The number of benzene rings is 1. The first kappa shape index (κ1) is 15.7. The maximum atomic E-state index is 12.0. The maximum Gasteiger partial charge on any atom is 0.338 e. The number of carboxylic acid groups (broad SMARTS) is 1. The standard InChI is InChI=1S/C15H14BrNO3S/c1-9(10-2-4-11(16)5-3-10)8-13(18)17-14-12(15(19)20)6-7-21-14/h2-7,9H,8H2,1H3,(H,17,18)(H,19,20). The van der Waals surface area contributed by atoms with Crippen molar-refractivity contribution in [1.29, 1.82) is 0 Å². The molecule has 0 bridgehead atoms. The van der Waals surface area contributed by atoms with Crippen LogP contribution in [0.15, 0.2) is 40.2 Å². The minimum Gasteiger partial charge on any atom is -0.478 e. The van der Waals surface area contributed by atoms with Gasteiger partial charge in [-0.2, -0.15) is 0 Å². The van der Waals surface area contributed by atoms with E-state index >= 15 is 0 Å². The van der Waals surface area contributed by atoms with Crippen LogP contribution in [0.3, 0.4) is 0 Å². The van der Waals surface area contributed by atoms with E-state index in [9.17, 15) is 9.59 Å². The average molecular weight is 368 g/mol. The van der Waals surface area contributed by atoms with Crippen molar-refractivity contribution in [3.05, 3.63) is 51.3 Å². The van der Waals surface area contributed by atoms with Gasteiger partial charge in [0.25, 0.3) is 0 Å². The van der Waals surface area contributed by atoms with Gasteiger partial charge in [0.2, 0.25) is 5.91 Å². The van der Waals surface area contributed by atoms with Gasteiger partial charge in [0.05, 0.1) is 5.56 Å². The zero-order valence-corrected chi connectivity index (χ0v) is 13.7. The molecule has 0 fully saturated rings. The van der Waals surface area contributed by atoms with E-state index in [2.05, 4.69) is 21.2 Å². The fourth-order valence-corrected chi connectivity index (χ4v) is 3.00. The number of hydrogen-bond acceptors (Lipinski definition) is 3. The molecule has 2 N–H and O–H groups in total. The van der Waals surface area contributed by atoms with Crippen molar-refractivity contribution in [2.75, 3.05) is 5.32 Å². The van der Waals surface area contributed by atoms with Gasteiger partial charge in [-0.1, -0.05) is 35.0 Å². The van der Waals surface area contributed by atoms with Crippen molar-refractivity contribution < 1.29 is 14.7 Å². The van der Waals surface area contributed by atoms with Gasteiger partial charge < -0.3 is 10.4 Å². The Bertz CT molecular complexity index is 651. The van der Waals surface area contributed by atoms with E-state index in [0.717, 1.165) is 10.0 Å². The van der Waals surface area contributed by atoms with Crippen LogP contribution in [0, 0.1) is 0 Å². The van der Waals surface area contributed by atoms with E-state index in [1.54, 1.807) is 5.38 Å². The largest absolute Gasteiger partial charge is 0.478 e. The molecule has 0 aliphatic carbocycles. The lowest BCUT2D eigenvalue weighted by Crippen LogP contribution is -2.15. The Morgan fingerprint density at radius 3 is 2.57 bits per heavy atom. The van der Waals surface area contributed by atoms with Crippen LogP contribution >= 0.6 is 27.3 Å². The van der Waals surface area contributed by atoms with Crippen LogP contribution < -0.4 is 5.32 Å². The molecule has 0 saturated heterocycles. The van der Waals surface area contributed by atoms with Gasteiger partial charge in [0.1, 0.15) is 5.00 Å². The minimum absolute atomic E-state index is 0.0614. The zero-order chi connectivity index (χ0) is 15.4. The predicted octanol–water partition coefficient (Wildman–Crippen LogP) is 4.34. The monoisotopic (exact) mass is 367 g/mol. The third kappa shape index (κ3) is 4.15. The molecule has 2 rings (SSSR count). The number of thiophene rings is 1. The van der Waals surface area contributed by atoms with Crippen molar-refractivity contribution in [3.63, 3.8) is 0 Å². The quantitative estimate of drug-likeness (QED) is 0.825. The van der Waals surface area contributed by atoms with Crippen molar-refractivity contribution >= 4 is 44.1 Å². The molecule has 2 aromatic rings. The summed E-state index contributed by atoms with van der Waals surface area (Å²) in [7, 11) is 0. The van der Waals surface area contributed by atoms with Gasteiger partial charge >= 0.3 is 5.97 Å². The fourth-order valence-electron chi connectivity index (χ4n) is 1.94. The minimum atomic E-state index is -1.03. The molecule has 0 aliphatic heterocycles. The van der Waals surface area contributed by atoms with Gasteiger partial charge in [-0.05, 0) is 35.1 Å². The molecular formula is C15H14BrNO3S. The second kappa shape index (κ2) is 6.87. The number of hydrogen-bond donors (Lipinski definition) is 2. The number of anilines is 1. The maximum absolute atomic E-state index is 12.0. The number of rotatable bonds is 5. The van der Waals surface area contributed by atoms with E-state index in [0.29, 0.717) is 11.4 Å². The molecule has 0 spiro atoms. The molecule has 1 unspecified atom stereocenters. The van der Waals surface area contributed by atoms with E-state index in [-0.39, 0.29) is 17.4 Å². The van der Waals surface area contributed by atoms with Crippen LogP contribution in [-0.2, 0) is 4.79 Å². The number of carbonyl (C=O) groups is 2. The molecule has 1 aromatic carbocycles. The van der Waals surface area contributed by atoms with Crippen LogP contribution in [0.5, 0.6) is 0 Å². The number of halogens is 1. The van der Waals surface area contributed by atoms with Crippen LogP contribution in [0.4, 0.5) is 5.00 Å². The summed E-state index contributed by atoms with van der Waals surface area (Å²) < 4.78 is 0.993. The van der Waals surface area contributed by atoms with Crippen LogP contribution in [-0.4, -0.2) is 17.0 Å². The smallest absolute Gasteiger partial charge is 0.338 e. The number of carboxylic acids is 1. The molecule has 0 aliphatic rings. The topological polar surface area (TPSA) is 66.4 Å². The lowest BCUT2D eigenvalue weighted by molar-refractivity contribution is -0.116. The highest BCUT2D eigenvalue weighted by Crippen LogP contribution is 2.25. The van der Waals surface area contributed by atoms with E-state index < -0.39 is 5.97 Å². The third-order valence-electron chi connectivity index (χ3n) is 3.08. The highest BCUT2D eigenvalue weighted by atomic mass is 79.9. The van der Waals surface area contributed by atoms with E-state index in [1.165, 1.54) is 17.4 Å². The van der Waals surface area contributed by atoms with E-state index in [1.807, 2.05) is 31.2 Å². The Labute approximate surface area is 134 Å². The first-order valence-electron chi connectivity index (χ1n) is 6.33. The Morgan fingerprint density at radius 1 is 1.29 bits per heavy atom. The molecule has 21 heavy (non-hydrogen) atoms. The lowest BCUT2D eigenvalue weighted by atomic mass is 9.97. The van der Waals surface area contributed by atoms with Gasteiger partial charge in [-0.15, -0.1) is 11.3 Å². The fraction of sp³-hybridized carbons (Fsp3) is 0.200. The highest BCUT2D eigenvalue weighted by molar-refractivity contribution is 9.10. The zero-order valence-electron chi connectivity index (χ0n) is 11.3. The van der Waals surface area contributed by atoms with Crippen LogP contribution in [0.25, 0.3) is 0 Å². The molecule has 0 radical (unpaired) electrons. The van der Waals surface area contributed by atoms with Gasteiger partial charge in [-0.25, -0.2) is 4.79 Å². The first-order valence-corrected chi connectivity index (χ1v) is 8.00. The summed E-state index contributed by atoms with van der Waals surface area (Å²) >= 11 is 4.59. The lowest BCUT2D eigenvalue weighted by Gasteiger charge is -2.12. The Morgan fingerprint density at radius 2 is 1.95 bits per heavy atom. The van der Waals surface area contributed by atoms with Crippen molar-refractivity contribution in [2.45, 2.75) is 19.3 Å². The summed E-state index contributed by atoms with van der Waals surface area (Å²) in [6.07, 6.45) is 0.304. The predicted molar refractivity (Wildman–Crippen MR) is 87.1 cm³/mol. The van der Waals surface area contributed by atoms with Crippen LogP contribution in [0.1, 0.15) is 35.2 Å². The molecule has 4 nitrogen and oxygen atoms in total. The second-order valence-corrected chi connectivity index (χ2v) is 6.51. The average Bonchev–Trinajstić information content (AvgIpc) is 2.87. The molecular weight excluding hydrogens is 354 g/mol. The van der Waals surface area contributed by atoms with E-state index in [4.69, 9.17) is 5.11 Å². The van der Waals surface area contributed by atoms with Gasteiger partial charge in [0.15, 0.2) is 0 Å². The highest BCUT2D eigenvalue weighted by Gasteiger charge is 2.16. The summed E-state index contributed by atoms with van der Waals surface area (Å²) in [5.74, 6) is -1.16. The summed E-state index contributed by atoms with van der Waals surface area (Å²) in [6.45, 7) is 1.97. The molecule has 1 aromatic heterocycles. The van der Waals surface area contributed by atoms with Gasteiger partial charge in [0, 0.05) is 10.9 Å². The number of amides is 1. The van der Waals surface area contributed by atoms with Crippen molar-refractivity contribution in [2.24, 2.45) is 0 Å². The normalized spacial score (nSPS) is 11.9. The SMILES string of the molecule is CC(CC(=O)Nc1sccc1C(=O)O)c1ccc(Br)cc1. The van der Waals surface area contributed by atoms with Crippen molar-refractivity contribution in [1.82, 2.24) is 0 Å². The molecule has 1 atom stereocenters. The number of carbonyl (C=O) groups excluding carboxylic acids is 1. The van der Waals surface area contributed by atoms with Gasteiger partial charge in [-0.3, -0.25) is 4.79 Å². The Balaban J connectivity index is 1.99. The molecule has 1 amide bonds. The molecule has 0 saturated carbocycles. The molecule has 6 heteroatoms. The summed E-state index contributed by atoms with van der Waals surface area (Å²) in [5, 5.41) is 13.7. The summed E-state index contributed by atoms with van der Waals surface area (Å²) in [6, 6.07) is 9.30. The summed E-state index contributed by atoms with van der Waals surface area (Å²) in [4.78, 5) is 23.0. The number of nitrogens with one attached hydrogen (secondary N) is 1. The summed E-state index contributed by atoms with van der Waals surface area (Å²) in [5.41, 5.74) is 1.20. The first-order chi connectivity index (χ1) is 9.97. The number of aromatic carboxylic acids is 1. The second-order valence-electron chi connectivity index (χ2n) is 4.67. The van der Waals surface area contributed by atoms with Crippen molar-refractivity contribution in [3.8, 4) is 0 Å². The Kier molecular flexibility index (Phi) is 5.14.